The van der Waals surface area contributed by atoms with Gasteiger partial charge in [-0.1, -0.05) is 37.6 Å². The van der Waals surface area contributed by atoms with Crippen LogP contribution in [0.1, 0.15) is 49.4 Å². The van der Waals surface area contributed by atoms with Gasteiger partial charge in [-0.15, -0.1) is 0 Å². The Kier molecular flexibility index (Phi) is 4.32. The zero-order chi connectivity index (χ0) is 14.0. The maximum absolute atomic E-state index is 6.09. The lowest BCUT2D eigenvalue weighted by atomic mass is 9.82. The van der Waals surface area contributed by atoms with Crippen molar-refractivity contribution in [1.29, 1.82) is 0 Å². The molecule has 0 aliphatic carbocycles. The number of likely N-dealkylation sites (tertiary alicyclic amines) is 1. The molecule has 2 rings (SSSR count). The summed E-state index contributed by atoms with van der Waals surface area (Å²) in [6.45, 7) is 12.1. The van der Waals surface area contributed by atoms with Crippen LogP contribution in [0.4, 0.5) is 0 Å². The van der Waals surface area contributed by atoms with E-state index in [0.29, 0.717) is 18.0 Å². The van der Waals surface area contributed by atoms with E-state index in [1.807, 2.05) is 0 Å². The largest absolute Gasteiger partial charge is 0.329 e. The highest BCUT2D eigenvalue weighted by atomic mass is 15.2. The van der Waals surface area contributed by atoms with Gasteiger partial charge in [0.15, 0.2) is 0 Å². The molecular formula is C17H28N2. The molecule has 1 aliphatic heterocycles. The van der Waals surface area contributed by atoms with Crippen LogP contribution in [-0.2, 0) is 0 Å². The topological polar surface area (TPSA) is 29.3 Å². The van der Waals surface area contributed by atoms with Gasteiger partial charge >= 0.3 is 0 Å². The summed E-state index contributed by atoms with van der Waals surface area (Å²) in [5, 5.41) is 0. The summed E-state index contributed by atoms with van der Waals surface area (Å²) in [5.41, 5.74) is 10.6. The van der Waals surface area contributed by atoms with Crippen molar-refractivity contribution in [2.75, 3.05) is 19.6 Å². The Bertz CT molecular complexity index is 437. The molecule has 0 spiro atoms. The summed E-state index contributed by atoms with van der Waals surface area (Å²) in [6.07, 6.45) is 2.61. The van der Waals surface area contributed by atoms with Gasteiger partial charge in [0.1, 0.15) is 0 Å². The smallest absolute Gasteiger partial charge is 0.0473 e. The van der Waals surface area contributed by atoms with Gasteiger partial charge in [-0.25, -0.2) is 0 Å². The molecule has 0 radical (unpaired) electrons. The van der Waals surface area contributed by atoms with Crippen LogP contribution < -0.4 is 5.73 Å². The van der Waals surface area contributed by atoms with E-state index in [0.717, 1.165) is 6.54 Å². The zero-order valence-corrected chi connectivity index (χ0v) is 12.9. The number of hydrogen-bond acceptors (Lipinski definition) is 2. The fourth-order valence-corrected chi connectivity index (χ4v) is 3.41. The van der Waals surface area contributed by atoms with Gasteiger partial charge in [0.25, 0.3) is 0 Å². The molecule has 1 heterocycles. The van der Waals surface area contributed by atoms with E-state index in [9.17, 15) is 0 Å². The summed E-state index contributed by atoms with van der Waals surface area (Å²) in [4.78, 5) is 2.58. The fourth-order valence-electron chi connectivity index (χ4n) is 3.41. The van der Waals surface area contributed by atoms with Crippen molar-refractivity contribution < 1.29 is 0 Å². The molecule has 2 heteroatoms. The fraction of sp³-hybridized carbons (Fsp3) is 0.647. The van der Waals surface area contributed by atoms with Crippen LogP contribution in [0, 0.1) is 19.3 Å². The Hall–Kier alpha value is -0.860. The maximum Gasteiger partial charge on any atom is 0.0473 e. The summed E-state index contributed by atoms with van der Waals surface area (Å²) in [5.74, 6) is 0. The van der Waals surface area contributed by atoms with Gasteiger partial charge in [0.05, 0.1) is 0 Å². The van der Waals surface area contributed by atoms with Crippen molar-refractivity contribution in [3.05, 3.63) is 34.9 Å². The normalized spacial score (nSPS) is 21.3. The summed E-state index contributed by atoms with van der Waals surface area (Å²) < 4.78 is 0. The molecule has 0 saturated carbocycles. The second-order valence-corrected chi connectivity index (χ2v) is 6.85. The quantitative estimate of drug-likeness (QED) is 0.902. The molecule has 1 aromatic carbocycles. The molecule has 19 heavy (non-hydrogen) atoms. The average molecular weight is 260 g/mol. The van der Waals surface area contributed by atoms with E-state index in [2.05, 4.69) is 50.8 Å². The number of aryl methyl sites for hydroxylation is 2. The Morgan fingerprint density at radius 3 is 2.63 bits per heavy atom. The molecule has 1 unspecified atom stereocenters. The number of rotatable bonds is 3. The van der Waals surface area contributed by atoms with Gasteiger partial charge in [-0.2, -0.15) is 0 Å². The third-order valence-electron chi connectivity index (χ3n) is 4.38. The number of nitrogens with two attached hydrogens (primary N) is 1. The predicted octanol–water partition coefficient (Wildman–Crippen LogP) is 3.43. The molecule has 0 bridgehead atoms. The van der Waals surface area contributed by atoms with Crippen LogP contribution in [0.25, 0.3) is 0 Å². The second-order valence-electron chi connectivity index (χ2n) is 6.85. The Balaban J connectivity index is 2.24. The molecule has 2 N–H and O–H groups in total. The average Bonchev–Trinajstić information content (AvgIpc) is 2.31. The highest BCUT2D eigenvalue weighted by molar-refractivity contribution is 5.33. The molecule has 0 aromatic heterocycles. The summed E-state index contributed by atoms with van der Waals surface area (Å²) >= 11 is 0. The van der Waals surface area contributed by atoms with E-state index >= 15 is 0 Å². The van der Waals surface area contributed by atoms with Gasteiger partial charge < -0.3 is 5.73 Å². The number of piperidine rings is 1. The molecule has 1 atom stereocenters. The maximum atomic E-state index is 6.09. The minimum Gasteiger partial charge on any atom is -0.329 e. The van der Waals surface area contributed by atoms with Crippen LogP contribution in [0.5, 0.6) is 0 Å². The van der Waals surface area contributed by atoms with E-state index in [1.165, 1.54) is 36.1 Å². The zero-order valence-electron chi connectivity index (χ0n) is 12.9. The van der Waals surface area contributed by atoms with Crippen molar-refractivity contribution in [3.63, 3.8) is 0 Å². The lowest BCUT2D eigenvalue weighted by Gasteiger charge is -2.42. The Labute approximate surface area is 118 Å². The van der Waals surface area contributed by atoms with E-state index in [-0.39, 0.29) is 0 Å². The first-order chi connectivity index (χ1) is 8.93. The second kappa shape index (κ2) is 5.64. The molecule has 1 aliphatic rings. The lowest BCUT2D eigenvalue weighted by molar-refractivity contribution is 0.0804. The van der Waals surface area contributed by atoms with Crippen LogP contribution >= 0.6 is 0 Å². The third kappa shape index (κ3) is 3.37. The van der Waals surface area contributed by atoms with Gasteiger partial charge in [-0.05, 0) is 49.8 Å². The first kappa shape index (κ1) is 14.5. The molecule has 1 fully saturated rings. The molecule has 1 saturated heterocycles. The summed E-state index contributed by atoms with van der Waals surface area (Å²) in [7, 11) is 0. The number of benzene rings is 1. The van der Waals surface area contributed by atoms with E-state index in [4.69, 9.17) is 5.73 Å². The van der Waals surface area contributed by atoms with Gasteiger partial charge in [0, 0.05) is 19.1 Å². The first-order valence-corrected chi connectivity index (χ1v) is 7.44. The molecule has 2 nitrogen and oxygen atoms in total. The van der Waals surface area contributed by atoms with Gasteiger partial charge in [-0.3, -0.25) is 4.90 Å². The SMILES string of the molecule is Cc1ccc(C(CN)N2CCCC(C)(C)C2)c(C)c1. The van der Waals surface area contributed by atoms with Gasteiger partial charge in [0.2, 0.25) is 0 Å². The summed E-state index contributed by atoms with van der Waals surface area (Å²) in [6, 6.07) is 7.12. The Morgan fingerprint density at radius 1 is 1.32 bits per heavy atom. The van der Waals surface area contributed by atoms with Crippen LogP contribution in [-0.4, -0.2) is 24.5 Å². The van der Waals surface area contributed by atoms with Crippen molar-refractivity contribution in [1.82, 2.24) is 4.90 Å². The Morgan fingerprint density at radius 2 is 2.05 bits per heavy atom. The molecule has 106 valence electrons. The highest BCUT2D eigenvalue weighted by Gasteiger charge is 2.31. The molecule has 0 amide bonds. The lowest BCUT2D eigenvalue weighted by Crippen LogP contribution is -2.44. The first-order valence-electron chi connectivity index (χ1n) is 7.44. The predicted molar refractivity (Wildman–Crippen MR) is 82.3 cm³/mol. The third-order valence-corrected chi connectivity index (χ3v) is 4.38. The van der Waals surface area contributed by atoms with Crippen LogP contribution in [0.15, 0.2) is 18.2 Å². The molecular weight excluding hydrogens is 232 g/mol. The van der Waals surface area contributed by atoms with Crippen molar-refractivity contribution in [2.45, 2.75) is 46.6 Å². The van der Waals surface area contributed by atoms with E-state index in [1.54, 1.807) is 0 Å². The number of nitrogens with zero attached hydrogens (tertiary/aromatic N) is 1. The minimum atomic E-state index is 0.375. The van der Waals surface area contributed by atoms with Crippen LogP contribution in [0.3, 0.4) is 0 Å². The minimum absolute atomic E-state index is 0.375. The number of hydrogen-bond donors (Lipinski definition) is 1. The highest BCUT2D eigenvalue weighted by Crippen LogP contribution is 2.34. The van der Waals surface area contributed by atoms with Crippen molar-refractivity contribution in [3.8, 4) is 0 Å². The van der Waals surface area contributed by atoms with Crippen molar-refractivity contribution >= 4 is 0 Å². The monoisotopic (exact) mass is 260 g/mol. The van der Waals surface area contributed by atoms with Crippen LogP contribution in [0.2, 0.25) is 0 Å². The van der Waals surface area contributed by atoms with E-state index < -0.39 is 0 Å². The molecule has 1 aromatic rings. The van der Waals surface area contributed by atoms with Crippen molar-refractivity contribution in [2.24, 2.45) is 11.1 Å². The standard InChI is InChI=1S/C17H28N2/c1-13-6-7-15(14(2)10-13)16(11-18)19-9-5-8-17(3,4)12-19/h6-7,10,16H,5,8-9,11-12,18H2,1-4H3.